The minimum atomic E-state index is -1.06. The van der Waals surface area contributed by atoms with E-state index in [9.17, 15) is 9.59 Å². The van der Waals surface area contributed by atoms with Crippen molar-refractivity contribution in [3.05, 3.63) is 108 Å². The lowest BCUT2D eigenvalue weighted by Gasteiger charge is -2.39. The predicted octanol–water partition coefficient (Wildman–Crippen LogP) is 4.70. The normalized spacial score (nSPS) is 18.5. The molecule has 1 atom stereocenters. The fraction of sp³-hybridized carbons (Fsp3) is 0.200. The third-order valence-corrected chi connectivity index (χ3v) is 5.42. The van der Waals surface area contributed by atoms with Gasteiger partial charge >= 0.3 is 5.97 Å². The summed E-state index contributed by atoms with van der Waals surface area (Å²) in [5.41, 5.74) is 1.71. The molecule has 1 unspecified atom stereocenters. The summed E-state index contributed by atoms with van der Waals surface area (Å²) in [6.45, 7) is 0. The van der Waals surface area contributed by atoms with Crippen LogP contribution in [0.5, 0.6) is 0 Å². The van der Waals surface area contributed by atoms with E-state index in [1.165, 1.54) is 0 Å². The van der Waals surface area contributed by atoms with E-state index in [-0.39, 0.29) is 12.2 Å². The highest BCUT2D eigenvalue weighted by atomic mass is 16.6. The molecule has 0 N–H and O–H groups in total. The summed E-state index contributed by atoms with van der Waals surface area (Å²) in [4.78, 5) is 26.0. The van der Waals surface area contributed by atoms with Crippen molar-refractivity contribution in [2.45, 2.75) is 24.9 Å². The number of hydrogen-bond acceptors (Lipinski definition) is 3. The highest BCUT2D eigenvalue weighted by Crippen LogP contribution is 2.42. The quantitative estimate of drug-likeness (QED) is 0.483. The summed E-state index contributed by atoms with van der Waals surface area (Å²) in [6.07, 6.45) is 1.31. The highest BCUT2D eigenvalue weighted by Gasteiger charge is 2.48. The minimum Gasteiger partial charge on any atom is -0.448 e. The minimum absolute atomic E-state index is 0.0557. The molecule has 3 nitrogen and oxygen atoms in total. The Morgan fingerprint density at radius 3 is 1.75 bits per heavy atom. The van der Waals surface area contributed by atoms with Crippen molar-refractivity contribution < 1.29 is 14.3 Å². The van der Waals surface area contributed by atoms with Gasteiger partial charge in [0.25, 0.3) is 0 Å². The van der Waals surface area contributed by atoms with Crippen molar-refractivity contribution in [1.82, 2.24) is 0 Å². The number of carbonyl (C=O) groups is 2. The number of Topliss-reactive ketones (excluding diaryl/α,β-unsaturated/α-hetero) is 1. The topological polar surface area (TPSA) is 43.4 Å². The first kappa shape index (κ1) is 18.2. The van der Waals surface area contributed by atoms with E-state index in [1.807, 2.05) is 91.0 Å². The third kappa shape index (κ3) is 3.48. The Morgan fingerprint density at radius 2 is 1.25 bits per heavy atom. The molecule has 28 heavy (non-hydrogen) atoms. The number of carbonyl (C=O) groups excluding carboxylic acids is 2. The average molecular weight is 370 g/mol. The van der Waals surface area contributed by atoms with E-state index in [0.29, 0.717) is 12.8 Å². The Kier molecular flexibility index (Phi) is 5.07. The van der Waals surface area contributed by atoms with E-state index < -0.39 is 17.5 Å². The average Bonchev–Trinajstić information content (AvgIpc) is 2.75. The maximum Gasteiger partial charge on any atom is 0.317 e. The van der Waals surface area contributed by atoms with Crippen molar-refractivity contribution >= 4 is 11.8 Å². The number of ketones is 1. The zero-order chi connectivity index (χ0) is 19.4. The maximum atomic E-state index is 13.1. The molecule has 0 spiro atoms. The molecule has 1 fully saturated rings. The van der Waals surface area contributed by atoms with Crippen molar-refractivity contribution in [1.29, 1.82) is 0 Å². The van der Waals surface area contributed by atoms with Crippen molar-refractivity contribution in [3.8, 4) is 0 Å². The third-order valence-electron chi connectivity index (χ3n) is 5.42. The van der Waals surface area contributed by atoms with Crippen LogP contribution in [0.25, 0.3) is 0 Å². The molecule has 0 saturated carbocycles. The van der Waals surface area contributed by atoms with Gasteiger partial charge in [-0.3, -0.25) is 9.59 Å². The molecule has 3 aromatic rings. The van der Waals surface area contributed by atoms with Gasteiger partial charge in [-0.25, -0.2) is 0 Å². The Bertz CT molecular complexity index is 889. The molecule has 1 saturated heterocycles. The van der Waals surface area contributed by atoms with Gasteiger partial charge in [-0.15, -0.1) is 0 Å². The van der Waals surface area contributed by atoms with Crippen LogP contribution in [0, 0.1) is 5.92 Å². The molecular formula is C25H22O3. The molecule has 3 aromatic carbocycles. The van der Waals surface area contributed by atoms with Crippen LogP contribution < -0.4 is 0 Å². The predicted molar refractivity (Wildman–Crippen MR) is 108 cm³/mol. The standard InChI is InChI=1S/C25H22O3/c26-23-18-25(20-12-6-2-7-13-20,21-14-8-3-9-15-21)28-24(27)22(23)17-16-19-10-4-1-5-11-19/h1-15,22H,16-18H2. The molecule has 3 heteroatoms. The molecule has 0 aliphatic carbocycles. The Balaban J connectivity index is 1.63. The smallest absolute Gasteiger partial charge is 0.317 e. The van der Waals surface area contributed by atoms with E-state index in [1.54, 1.807) is 0 Å². The van der Waals surface area contributed by atoms with Gasteiger partial charge in [0.05, 0.1) is 6.42 Å². The molecule has 0 aromatic heterocycles. The molecule has 0 radical (unpaired) electrons. The first-order valence-electron chi connectivity index (χ1n) is 9.59. The Morgan fingerprint density at radius 1 is 0.750 bits per heavy atom. The van der Waals surface area contributed by atoms with Gasteiger partial charge in [0.2, 0.25) is 0 Å². The van der Waals surface area contributed by atoms with Crippen LogP contribution in [0.2, 0.25) is 0 Å². The van der Waals surface area contributed by atoms with Crippen molar-refractivity contribution in [2.24, 2.45) is 5.92 Å². The van der Waals surface area contributed by atoms with E-state index in [4.69, 9.17) is 4.74 Å². The Hall–Kier alpha value is -3.20. The van der Waals surface area contributed by atoms with Gasteiger partial charge in [0.1, 0.15) is 5.92 Å². The van der Waals surface area contributed by atoms with Crippen molar-refractivity contribution in [3.63, 3.8) is 0 Å². The van der Waals surface area contributed by atoms with Gasteiger partial charge in [0.15, 0.2) is 11.4 Å². The molecule has 1 aliphatic rings. The summed E-state index contributed by atoms with van der Waals surface area (Å²) in [6, 6.07) is 29.0. The number of aryl methyl sites for hydroxylation is 1. The van der Waals surface area contributed by atoms with Crippen LogP contribution in [0.4, 0.5) is 0 Å². The lowest BCUT2D eigenvalue weighted by Crippen LogP contribution is -2.46. The molecule has 1 heterocycles. The van der Waals surface area contributed by atoms with Crippen LogP contribution in [0.1, 0.15) is 29.5 Å². The molecule has 140 valence electrons. The van der Waals surface area contributed by atoms with Gasteiger partial charge in [0, 0.05) is 11.1 Å². The summed E-state index contributed by atoms with van der Waals surface area (Å²) in [5.74, 6) is -1.19. The number of cyclic esters (lactones) is 1. The second-order valence-corrected chi connectivity index (χ2v) is 7.20. The maximum absolute atomic E-state index is 13.1. The second-order valence-electron chi connectivity index (χ2n) is 7.20. The van der Waals surface area contributed by atoms with Gasteiger partial charge < -0.3 is 4.74 Å². The summed E-state index contributed by atoms with van der Waals surface area (Å²) < 4.78 is 6.06. The number of rotatable bonds is 5. The largest absolute Gasteiger partial charge is 0.448 e. The number of ether oxygens (including phenoxy) is 1. The highest BCUT2D eigenvalue weighted by molar-refractivity contribution is 6.02. The fourth-order valence-electron chi connectivity index (χ4n) is 3.92. The second kappa shape index (κ2) is 7.81. The van der Waals surface area contributed by atoms with Crippen LogP contribution in [0.15, 0.2) is 91.0 Å². The van der Waals surface area contributed by atoms with Crippen LogP contribution in [-0.2, 0) is 26.3 Å². The monoisotopic (exact) mass is 370 g/mol. The van der Waals surface area contributed by atoms with Crippen LogP contribution in [-0.4, -0.2) is 11.8 Å². The molecule has 0 bridgehead atoms. The first-order valence-corrected chi connectivity index (χ1v) is 9.59. The van der Waals surface area contributed by atoms with E-state index in [0.717, 1.165) is 16.7 Å². The molecular weight excluding hydrogens is 348 g/mol. The van der Waals surface area contributed by atoms with Gasteiger partial charge in [-0.05, 0) is 18.4 Å². The lowest BCUT2D eigenvalue weighted by molar-refractivity contribution is -0.174. The fourth-order valence-corrected chi connectivity index (χ4v) is 3.92. The molecule has 0 amide bonds. The lowest BCUT2D eigenvalue weighted by atomic mass is 9.76. The van der Waals surface area contributed by atoms with E-state index in [2.05, 4.69) is 0 Å². The molecule has 4 rings (SSSR count). The summed E-state index contributed by atoms with van der Waals surface area (Å²) >= 11 is 0. The van der Waals surface area contributed by atoms with E-state index >= 15 is 0 Å². The zero-order valence-electron chi connectivity index (χ0n) is 15.6. The summed E-state index contributed by atoms with van der Waals surface area (Å²) in [7, 11) is 0. The number of hydrogen-bond donors (Lipinski definition) is 0. The SMILES string of the molecule is O=C1CC(c2ccccc2)(c2ccccc2)OC(=O)C1CCc1ccccc1. The van der Waals surface area contributed by atoms with Crippen LogP contribution >= 0.6 is 0 Å². The van der Waals surface area contributed by atoms with Crippen LogP contribution in [0.3, 0.4) is 0 Å². The zero-order valence-corrected chi connectivity index (χ0v) is 15.6. The number of esters is 1. The van der Waals surface area contributed by atoms with Gasteiger partial charge in [-0.2, -0.15) is 0 Å². The summed E-state index contributed by atoms with van der Waals surface area (Å²) in [5, 5.41) is 0. The van der Waals surface area contributed by atoms with Crippen molar-refractivity contribution in [2.75, 3.05) is 0 Å². The van der Waals surface area contributed by atoms with Gasteiger partial charge in [-0.1, -0.05) is 91.0 Å². The molecule has 1 aliphatic heterocycles. The first-order chi connectivity index (χ1) is 13.7. The Labute approximate surface area is 165 Å². The number of benzene rings is 3.